The molecule has 1 aliphatic rings. The van der Waals surface area contributed by atoms with Gasteiger partial charge in [0, 0.05) is 12.2 Å². The summed E-state index contributed by atoms with van der Waals surface area (Å²) >= 11 is 0. The van der Waals surface area contributed by atoms with E-state index >= 15 is 0 Å². The molecule has 100 valence electrons. The van der Waals surface area contributed by atoms with Gasteiger partial charge < -0.3 is 10.1 Å². The van der Waals surface area contributed by atoms with Crippen molar-refractivity contribution in [1.82, 2.24) is 0 Å². The number of methoxy groups -OCH3 is 1. The minimum atomic E-state index is 0.950. The van der Waals surface area contributed by atoms with Crippen LogP contribution in [-0.2, 0) is 0 Å². The lowest BCUT2D eigenvalue weighted by molar-refractivity contribution is 0.345. The highest BCUT2D eigenvalue weighted by Crippen LogP contribution is 2.26. The standard InChI is InChI=1S/C16H25NO/c1-13-12-15(8-9-16(13)18-2)17-11-10-14-6-4-3-5-7-14/h8-9,12,14,17H,3-7,10-11H2,1-2H3. The molecule has 0 spiro atoms. The average molecular weight is 247 g/mol. The number of hydrogen-bond donors (Lipinski definition) is 1. The summed E-state index contributed by atoms with van der Waals surface area (Å²) in [6.07, 6.45) is 8.50. The van der Waals surface area contributed by atoms with Gasteiger partial charge in [-0.2, -0.15) is 0 Å². The van der Waals surface area contributed by atoms with Crippen molar-refractivity contribution in [2.45, 2.75) is 45.4 Å². The predicted octanol–water partition coefficient (Wildman–Crippen LogP) is 4.39. The molecule has 0 radical (unpaired) electrons. The summed E-state index contributed by atoms with van der Waals surface area (Å²) < 4.78 is 5.27. The molecule has 18 heavy (non-hydrogen) atoms. The Morgan fingerprint density at radius 2 is 2.00 bits per heavy atom. The smallest absolute Gasteiger partial charge is 0.121 e. The van der Waals surface area contributed by atoms with Gasteiger partial charge in [-0.05, 0) is 43.0 Å². The molecule has 2 rings (SSSR count). The molecule has 0 amide bonds. The highest BCUT2D eigenvalue weighted by molar-refractivity contribution is 5.50. The van der Waals surface area contributed by atoms with Gasteiger partial charge in [-0.1, -0.05) is 32.1 Å². The van der Waals surface area contributed by atoms with Crippen LogP contribution in [0.4, 0.5) is 5.69 Å². The molecule has 1 fully saturated rings. The molecule has 1 saturated carbocycles. The van der Waals surface area contributed by atoms with Gasteiger partial charge in [0.15, 0.2) is 0 Å². The first-order valence-corrected chi connectivity index (χ1v) is 7.18. The normalized spacial score (nSPS) is 16.6. The lowest BCUT2D eigenvalue weighted by Crippen LogP contribution is -2.12. The van der Waals surface area contributed by atoms with Gasteiger partial charge in [-0.15, -0.1) is 0 Å². The van der Waals surface area contributed by atoms with E-state index in [-0.39, 0.29) is 0 Å². The summed E-state index contributed by atoms with van der Waals surface area (Å²) in [6, 6.07) is 6.31. The van der Waals surface area contributed by atoms with Crippen molar-refractivity contribution in [3.05, 3.63) is 23.8 Å². The Labute approximate surface area is 111 Å². The monoisotopic (exact) mass is 247 g/mol. The van der Waals surface area contributed by atoms with E-state index in [1.807, 2.05) is 6.07 Å². The van der Waals surface area contributed by atoms with Crippen LogP contribution in [-0.4, -0.2) is 13.7 Å². The van der Waals surface area contributed by atoms with Crippen molar-refractivity contribution in [1.29, 1.82) is 0 Å². The number of anilines is 1. The van der Waals surface area contributed by atoms with Crippen molar-refractivity contribution < 1.29 is 4.74 Å². The second-order valence-corrected chi connectivity index (χ2v) is 5.40. The second-order valence-electron chi connectivity index (χ2n) is 5.40. The maximum Gasteiger partial charge on any atom is 0.121 e. The molecule has 1 aromatic carbocycles. The zero-order valence-electron chi connectivity index (χ0n) is 11.7. The Morgan fingerprint density at radius 1 is 1.22 bits per heavy atom. The summed E-state index contributed by atoms with van der Waals surface area (Å²) in [5, 5.41) is 3.53. The molecule has 2 nitrogen and oxygen atoms in total. The van der Waals surface area contributed by atoms with E-state index in [1.165, 1.54) is 49.8 Å². The molecule has 1 aliphatic carbocycles. The Balaban J connectivity index is 1.77. The fourth-order valence-electron chi connectivity index (χ4n) is 2.88. The van der Waals surface area contributed by atoms with Gasteiger partial charge in [0.2, 0.25) is 0 Å². The summed E-state index contributed by atoms with van der Waals surface area (Å²) in [5.41, 5.74) is 2.41. The molecular formula is C16H25NO. The fraction of sp³-hybridized carbons (Fsp3) is 0.625. The molecule has 0 unspecified atom stereocenters. The van der Waals surface area contributed by atoms with Crippen molar-refractivity contribution in [3.8, 4) is 5.75 Å². The number of aryl methyl sites for hydroxylation is 1. The number of hydrogen-bond acceptors (Lipinski definition) is 2. The lowest BCUT2D eigenvalue weighted by Gasteiger charge is -2.21. The first kappa shape index (κ1) is 13.3. The number of ether oxygens (including phenoxy) is 1. The first-order valence-electron chi connectivity index (χ1n) is 7.18. The third kappa shape index (κ3) is 3.66. The number of rotatable bonds is 5. The van der Waals surface area contributed by atoms with Gasteiger partial charge in [0.25, 0.3) is 0 Å². The van der Waals surface area contributed by atoms with Crippen molar-refractivity contribution in [2.75, 3.05) is 19.0 Å². The summed E-state index contributed by atoms with van der Waals surface area (Å²) in [7, 11) is 1.72. The van der Waals surface area contributed by atoms with E-state index in [2.05, 4.69) is 24.4 Å². The minimum Gasteiger partial charge on any atom is -0.496 e. The quantitative estimate of drug-likeness (QED) is 0.833. The molecular weight excluding hydrogens is 222 g/mol. The van der Waals surface area contributed by atoms with Crippen LogP contribution in [0.1, 0.15) is 44.1 Å². The van der Waals surface area contributed by atoms with Crippen molar-refractivity contribution >= 4 is 5.69 Å². The van der Waals surface area contributed by atoms with Crippen LogP contribution in [0.5, 0.6) is 5.75 Å². The number of nitrogens with one attached hydrogen (secondary N) is 1. The van der Waals surface area contributed by atoms with Crippen molar-refractivity contribution in [3.63, 3.8) is 0 Å². The van der Waals surface area contributed by atoms with Crippen LogP contribution in [0.2, 0.25) is 0 Å². The maximum atomic E-state index is 5.27. The Bertz CT molecular complexity index is 369. The topological polar surface area (TPSA) is 21.3 Å². The molecule has 0 aromatic heterocycles. The summed E-state index contributed by atoms with van der Waals surface area (Å²) in [6.45, 7) is 3.18. The Hall–Kier alpha value is -1.18. The van der Waals surface area contributed by atoms with E-state index in [4.69, 9.17) is 4.74 Å². The van der Waals surface area contributed by atoms with Gasteiger partial charge in [0.05, 0.1) is 7.11 Å². The van der Waals surface area contributed by atoms with E-state index < -0.39 is 0 Å². The summed E-state index contributed by atoms with van der Waals surface area (Å²) in [4.78, 5) is 0. The zero-order chi connectivity index (χ0) is 12.8. The average Bonchev–Trinajstić information content (AvgIpc) is 2.40. The molecule has 0 saturated heterocycles. The minimum absolute atomic E-state index is 0.950. The fourth-order valence-corrected chi connectivity index (χ4v) is 2.88. The first-order chi connectivity index (χ1) is 8.79. The zero-order valence-corrected chi connectivity index (χ0v) is 11.7. The third-order valence-electron chi connectivity index (χ3n) is 4.00. The largest absolute Gasteiger partial charge is 0.496 e. The van der Waals surface area contributed by atoms with Crippen LogP contribution in [0, 0.1) is 12.8 Å². The van der Waals surface area contributed by atoms with Gasteiger partial charge in [-0.3, -0.25) is 0 Å². The van der Waals surface area contributed by atoms with Gasteiger partial charge in [-0.25, -0.2) is 0 Å². The van der Waals surface area contributed by atoms with Crippen LogP contribution in [0.15, 0.2) is 18.2 Å². The number of benzene rings is 1. The molecule has 2 heteroatoms. The SMILES string of the molecule is COc1ccc(NCCC2CCCCC2)cc1C. The van der Waals surface area contributed by atoms with Gasteiger partial charge in [0.1, 0.15) is 5.75 Å². The molecule has 0 heterocycles. The molecule has 1 aromatic rings. The van der Waals surface area contributed by atoms with E-state index in [0.29, 0.717) is 0 Å². The molecule has 1 N–H and O–H groups in total. The Morgan fingerprint density at radius 3 is 2.67 bits per heavy atom. The van der Waals surface area contributed by atoms with Gasteiger partial charge >= 0.3 is 0 Å². The van der Waals surface area contributed by atoms with E-state index in [0.717, 1.165) is 18.2 Å². The van der Waals surface area contributed by atoms with Crippen LogP contribution < -0.4 is 10.1 Å². The van der Waals surface area contributed by atoms with Crippen LogP contribution >= 0.6 is 0 Å². The maximum absolute atomic E-state index is 5.27. The molecule has 0 atom stereocenters. The van der Waals surface area contributed by atoms with Crippen molar-refractivity contribution in [2.24, 2.45) is 5.92 Å². The third-order valence-corrected chi connectivity index (χ3v) is 4.00. The molecule has 0 bridgehead atoms. The van der Waals surface area contributed by atoms with Crippen LogP contribution in [0.25, 0.3) is 0 Å². The summed E-state index contributed by atoms with van der Waals surface area (Å²) in [5.74, 6) is 1.92. The Kier molecular flexibility index (Phi) is 4.91. The van der Waals surface area contributed by atoms with E-state index in [9.17, 15) is 0 Å². The highest BCUT2D eigenvalue weighted by Gasteiger charge is 2.12. The van der Waals surface area contributed by atoms with Crippen LogP contribution in [0.3, 0.4) is 0 Å². The lowest BCUT2D eigenvalue weighted by atomic mass is 9.87. The second kappa shape index (κ2) is 6.67. The van der Waals surface area contributed by atoms with E-state index in [1.54, 1.807) is 7.11 Å². The predicted molar refractivity (Wildman–Crippen MR) is 77.4 cm³/mol. The molecule has 0 aliphatic heterocycles. The highest BCUT2D eigenvalue weighted by atomic mass is 16.5.